The third-order valence-electron chi connectivity index (χ3n) is 5.84. The van der Waals surface area contributed by atoms with Gasteiger partial charge >= 0.3 is 0 Å². The van der Waals surface area contributed by atoms with Crippen LogP contribution in [0.3, 0.4) is 0 Å². The summed E-state index contributed by atoms with van der Waals surface area (Å²) in [6, 6.07) is 14.1. The number of rotatable bonds is 4. The lowest BCUT2D eigenvalue weighted by molar-refractivity contribution is 0.171. The molecule has 2 aromatic carbocycles. The van der Waals surface area contributed by atoms with Crippen LogP contribution in [0.5, 0.6) is 11.5 Å². The molecule has 2 N–H and O–H groups in total. The Morgan fingerprint density at radius 3 is 2.69 bits per heavy atom. The number of nitrogens with two attached hydrogens (primary N) is 1. The van der Waals surface area contributed by atoms with Crippen LogP contribution in [0.15, 0.2) is 42.5 Å². The highest BCUT2D eigenvalue weighted by molar-refractivity contribution is 6.30. The van der Waals surface area contributed by atoms with Crippen LogP contribution in [-0.2, 0) is 6.54 Å². The van der Waals surface area contributed by atoms with Gasteiger partial charge in [-0.15, -0.1) is 0 Å². The predicted molar refractivity (Wildman–Crippen MR) is 115 cm³/mol. The molecule has 0 saturated carbocycles. The summed E-state index contributed by atoms with van der Waals surface area (Å²) < 4.78 is 11.1. The summed E-state index contributed by atoms with van der Waals surface area (Å²) in [5, 5.41) is 1.79. The minimum absolute atomic E-state index is 0.261. The van der Waals surface area contributed by atoms with E-state index in [9.17, 15) is 0 Å². The van der Waals surface area contributed by atoms with Crippen molar-refractivity contribution in [3.05, 3.63) is 53.1 Å². The first-order valence-electron chi connectivity index (χ1n) is 10.1. The van der Waals surface area contributed by atoms with E-state index >= 15 is 0 Å². The Morgan fingerprint density at radius 1 is 1.10 bits per heavy atom. The van der Waals surface area contributed by atoms with Crippen LogP contribution >= 0.6 is 11.6 Å². The van der Waals surface area contributed by atoms with E-state index in [0.717, 1.165) is 64.9 Å². The third-order valence-corrected chi connectivity index (χ3v) is 6.09. The summed E-state index contributed by atoms with van der Waals surface area (Å²) in [6.07, 6.45) is 2.41. The standard InChI is InChI=1S/C23H24ClN3O2/c24-19-5-3-16(4-6-19)23-18(13-27-7-1-2-15(11-25)12-27)8-17-9-21-22(29-14-28-21)10-20(17)26-23/h3-6,8-10,15H,1-2,7,11-14,25H2. The number of piperidine rings is 1. The summed E-state index contributed by atoms with van der Waals surface area (Å²) in [4.78, 5) is 7.52. The minimum Gasteiger partial charge on any atom is -0.454 e. The fourth-order valence-electron chi connectivity index (χ4n) is 4.31. The lowest BCUT2D eigenvalue weighted by atomic mass is 9.96. The SMILES string of the molecule is NCC1CCCN(Cc2cc3cc4c(cc3nc2-c2ccc(Cl)cc2)OCO4)C1. The first-order chi connectivity index (χ1) is 14.2. The maximum absolute atomic E-state index is 6.11. The van der Waals surface area contributed by atoms with E-state index in [1.165, 1.54) is 18.4 Å². The number of fused-ring (bicyclic) bond motifs is 2. The van der Waals surface area contributed by atoms with Crippen molar-refractivity contribution in [1.29, 1.82) is 0 Å². The monoisotopic (exact) mass is 409 g/mol. The van der Waals surface area contributed by atoms with Crippen molar-refractivity contribution >= 4 is 22.5 Å². The Balaban J connectivity index is 1.58. The first-order valence-corrected chi connectivity index (χ1v) is 10.5. The number of aromatic nitrogens is 1. The Kier molecular flexibility index (Phi) is 5.04. The molecule has 150 valence electrons. The highest BCUT2D eigenvalue weighted by Gasteiger charge is 2.22. The van der Waals surface area contributed by atoms with Crippen LogP contribution in [0.2, 0.25) is 5.02 Å². The highest BCUT2D eigenvalue weighted by atomic mass is 35.5. The lowest BCUT2D eigenvalue weighted by Gasteiger charge is -2.32. The van der Waals surface area contributed by atoms with Gasteiger partial charge in [-0.05, 0) is 61.7 Å². The molecule has 0 aliphatic carbocycles. The smallest absolute Gasteiger partial charge is 0.231 e. The van der Waals surface area contributed by atoms with Crippen LogP contribution in [0.1, 0.15) is 18.4 Å². The van der Waals surface area contributed by atoms with Gasteiger partial charge in [-0.2, -0.15) is 0 Å². The van der Waals surface area contributed by atoms with Crippen molar-refractivity contribution in [2.45, 2.75) is 19.4 Å². The molecule has 0 bridgehead atoms. The molecule has 3 heterocycles. The van der Waals surface area contributed by atoms with Gasteiger partial charge in [0.05, 0.1) is 11.2 Å². The maximum atomic E-state index is 6.11. The van der Waals surface area contributed by atoms with Gasteiger partial charge in [-0.25, -0.2) is 4.98 Å². The molecule has 3 aromatic rings. The van der Waals surface area contributed by atoms with Crippen molar-refractivity contribution < 1.29 is 9.47 Å². The van der Waals surface area contributed by atoms with E-state index in [0.29, 0.717) is 5.92 Å². The number of ether oxygens (including phenoxy) is 2. The number of pyridine rings is 1. The summed E-state index contributed by atoms with van der Waals surface area (Å²) in [5.74, 6) is 2.11. The summed E-state index contributed by atoms with van der Waals surface area (Å²) in [7, 11) is 0. The highest BCUT2D eigenvalue weighted by Crippen LogP contribution is 2.37. The summed E-state index contributed by atoms with van der Waals surface area (Å²) in [5.41, 5.74) is 10.1. The molecule has 29 heavy (non-hydrogen) atoms. The van der Waals surface area contributed by atoms with E-state index < -0.39 is 0 Å². The molecule has 1 saturated heterocycles. The molecular weight excluding hydrogens is 386 g/mol. The second-order valence-corrected chi connectivity index (χ2v) is 8.32. The third kappa shape index (κ3) is 3.78. The fourth-order valence-corrected chi connectivity index (χ4v) is 4.44. The van der Waals surface area contributed by atoms with Crippen molar-refractivity contribution in [2.24, 2.45) is 11.7 Å². The van der Waals surface area contributed by atoms with Gasteiger partial charge in [0.25, 0.3) is 0 Å². The Hall–Kier alpha value is -2.34. The fraction of sp³-hybridized carbons (Fsp3) is 0.348. The molecule has 5 nitrogen and oxygen atoms in total. The van der Waals surface area contributed by atoms with E-state index in [1.807, 2.05) is 36.4 Å². The molecule has 2 aliphatic rings. The topological polar surface area (TPSA) is 60.6 Å². The van der Waals surface area contributed by atoms with Gasteiger partial charge in [0, 0.05) is 35.1 Å². The number of hydrogen-bond donors (Lipinski definition) is 1. The minimum atomic E-state index is 0.261. The number of benzene rings is 2. The molecule has 0 amide bonds. The van der Waals surface area contributed by atoms with Crippen molar-refractivity contribution in [2.75, 3.05) is 26.4 Å². The second-order valence-electron chi connectivity index (χ2n) is 7.88. The van der Waals surface area contributed by atoms with Gasteiger partial charge in [-0.3, -0.25) is 4.90 Å². The molecule has 1 aromatic heterocycles. The van der Waals surface area contributed by atoms with Gasteiger partial charge in [0.1, 0.15) is 0 Å². The van der Waals surface area contributed by atoms with Crippen LogP contribution < -0.4 is 15.2 Å². The van der Waals surface area contributed by atoms with Gasteiger partial charge in [-0.1, -0.05) is 23.7 Å². The van der Waals surface area contributed by atoms with E-state index in [2.05, 4.69) is 11.0 Å². The number of likely N-dealkylation sites (tertiary alicyclic amines) is 1. The zero-order chi connectivity index (χ0) is 19.8. The number of nitrogens with zero attached hydrogens (tertiary/aromatic N) is 2. The Morgan fingerprint density at radius 2 is 1.90 bits per heavy atom. The summed E-state index contributed by atoms with van der Waals surface area (Å²) in [6.45, 7) is 3.99. The quantitative estimate of drug-likeness (QED) is 0.689. The Labute approximate surface area is 175 Å². The average Bonchev–Trinajstić information content (AvgIpc) is 3.20. The summed E-state index contributed by atoms with van der Waals surface area (Å²) >= 11 is 6.11. The van der Waals surface area contributed by atoms with E-state index in [-0.39, 0.29) is 6.79 Å². The lowest BCUT2D eigenvalue weighted by Crippen LogP contribution is -2.38. The predicted octanol–water partition coefficient (Wildman–Crippen LogP) is 4.45. The van der Waals surface area contributed by atoms with Gasteiger partial charge < -0.3 is 15.2 Å². The number of hydrogen-bond acceptors (Lipinski definition) is 5. The van der Waals surface area contributed by atoms with Crippen LogP contribution in [-0.4, -0.2) is 36.3 Å². The van der Waals surface area contributed by atoms with Crippen LogP contribution in [0, 0.1) is 5.92 Å². The van der Waals surface area contributed by atoms with Gasteiger partial charge in [0.15, 0.2) is 11.5 Å². The van der Waals surface area contributed by atoms with E-state index in [4.69, 9.17) is 31.8 Å². The van der Waals surface area contributed by atoms with Crippen LogP contribution in [0.25, 0.3) is 22.2 Å². The molecular formula is C23H24ClN3O2. The zero-order valence-corrected chi connectivity index (χ0v) is 17.0. The molecule has 6 heteroatoms. The zero-order valence-electron chi connectivity index (χ0n) is 16.2. The van der Waals surface area contributed by atoms with Gasteiger partial charge in [0.2, 0.25) is 6.79 Å². The second kappa shape index (κ2) is 7.82. The molecule has 2 aliphatic heterocycles. The van der Waals surface area contributed by atoms with Crippen LogP contribution in [0.4, 0.5) is 0 Å². The van der Waals surface area contributed by atoms with Crippen molar-refractivity contribution in [3.63, 3.8) is 0 Å². The van der Waals surface area contributed by atoms with Crippen molar-refractivity contribution in [1.82, 2.24) is 9.88 Å². The van der Waals surface area contributed by atoms with E-state index in [1.54, 1.807) is 0 Å². The molecule has 1 fully saturated rings. The number of halogens is 1. The molecule has 1 unspecified atom stereocenters. The largest absolute Gasteiger partial charge is 0.454 e. The molecule has 1 atom stereocenters. The van der Waals surface area contributed by atoms with Crippen molar-refractivity contribution in [3.8, 4) is 22.8 Å². The molecule has 0 spiro atoms. The Bertz CT molecular complexity index is 1040. The maximum Gasteiger partial charge on any atom is 0.231 e. The molecule has 5 rings (SSSR count). The molecule has 0 radical (unpaired) electrons. The normalized spacial score (nSPS) is 19.0. The first kappa shape index (κ1) is 18.7. The average molecular weight is 410 g/mol.